The minimum Gasteiger partial charge on any atom is -0.365 e. The summed E-state index contributed by atoms with van der Waals surface area (Å²) in [4.78, 5) is 12.8. The second-order valence-electron chi connectivity index (χ2n) is 3.98. The highest BCUT2D eigenvalue weighted by Gasteiger charge is 2.20. The lowest BCUT2D eigenvalue weighted by atomic mass is 10.2. The molecule has 0 amide bonds. The number of nitro groups is 1. The molecule has 92 valence electrons. The fourth-order valence-electron chi connectivity index (χ4n) is 1.99. The zero-order chi connectivity index (χ0) is 12.3. The second-order valence-corrected chi connectivity index (χ2v) is 4.90. The number of hydrogen-bond donors (Lipinski definition) is 1. The van der Waals surface area contributed by atoms with E-state index in [4.69, 9.17) is 0 Å². The lowest BCUT2D eigenvalue weighted by Crippen LogP contribution is -2.28. The van der Waals surface area contributed by atoms with Crippen molar-refractivity contribution in [2.45, 2.75) is 6.42 Å². The summed E-state index contributed by atoms with van der Waals surface area (Å²) in [5, 5.41) is 14.3. The highest BCUT2D eigenvalue weighted by atomic mass is 79.9. The summed E-state index contributed by atoms with van der Waals surface area (Å²) in [6.45, 7) is 3.49. The maximum atomic E-state index is 11.0. The lowest BCUT2D eigenvalue weighted by molar-refractivity contribution is -0.384. The van der Waals surface area contributed by atoms with Crippen LogP contribution in [0, 0.1) is 10.1 Å². The fourth-order valence-corrected chi connectivity index (χ4v) is 2.34. The smallest absolute Gasteiger partial charge is 0.292 e. The van der Waals surface area contributed by atoms with Crippen molar-refractivity contribution < 1.29 is 4.92 Å². The maximum absolute atomic E-state index is 11.0. The van der Waals surface area contributed by atoms with E-state index in [0.29, 0.717) is 5.69 Å². The van der Waals surface area contributed by atoms with Gasteiger partial charge >= 0.3 is 0 Å². The molecule has 0 saturated carbocycles. The topological polar surface area (TPSA) is 58.4 Å². The largest absolute Gasteiger partial charge is 0.365 e. The van der Waals surface area contributed by atoms with E-state index in [9.17, 15) is 10.1 Å². The first kappa shape index (κ1) is 12.3. The minimum atomic E-state index is -0.319. The van der Waals surface area contributed by atoms with Gasteiger partial charge in [-0.1, -0.05) is 15.9 Å². The monoisotopic (exact) mass is 299 g/mol. The Kier molecular flexibility index (Phi) is 3.96. The first-order chi connectivity index (χ1) is 8.18. The molecule has 17 heavy (non-hydrogen) atoms. The van der Waals surface area contributed by atoms with Crippen molar-refractivity contribution in [1.29, 1.82) is 0 Å². The van der Waals surface area contributed by atoms with E-state index in [1.807, 2.05) is 6.07 Å². The molecule has 0 bridgehead atoms. The molecule has 5 nitrogen and oxygen atoms in total. The van der Waals surface area contributed by atoms with E-state index in [2.05, 4.69) is 26.1 Å². The Hall–Kier alpha value is -1.14. The van der Waals surface area contributed by atoms with Crippen molar-refractivity contribution in [3.05, 3.63) is 32.8 Å². The van der Waals surface area contributed by atoms with Crippen LogP contribution in [0.15, 0.2) is 22.7 Å². The van der Waals surface area contributed by atoms with Crippen molar-refractivity contribution in [1.82, 2.24) is 5.32 Å². The number of rotatable bonds is 2. The molecule has 1 heterocycles. The first-order valence-electron chi connectivity index (χ1n) is 5.58. The summed E-state index contributed by atoms with van der Waals surface area (Å²) in [5.41, 5.74) is 0.878. The molecule has 0 spiro atoms. The summed E-state index contributed by atoms with van der Waals surface area (Å²) in [7, 11) is 0. The van der Waals surface area contributed by atoms with E-state index in [1.54, 1.807) is 12.1 Å². The zero-order valence-electron chi connectivity index (χ0n) is 9.36. The molecule has 0 aromatic heterocycles. The van der Waals surface area contributed by atoms with Gasteiger partial charge in [-0.15, -0.1) is 0 Å². The Morgan fingerprint density at radius 2 is 2.18 bits per heavy atom. The Morgan fingerprint density at radius 3 is 2.94 bits per heavy atom. The van der Waals surface area contributed by atoms with Crippen molar-refractivity contribution in [3.8, 4) is 0 Å². The summed E-state index contributed by atoms with van der Waals surface area (Å²) in [6, 6.07) is 5.08. The van der Waals surface area contributed by atoms with Crippen LogP contribution < -0.4 is 10.2 Å². The van der Waals surface area contributed by atoms with Crippen LogP contribution in [0.1, 0.15) is 6.42 Å². The van der Waals surface area contributed by atoms with Crippen molar-refractivity contribution in [2.75, 3.05) is 31.1 Å². The predicted octanol–water partition coefficient (Wildman–Crippen LogP) is 2.16. The third-order valence-corrected chi connectivity index (χ3v) is 3.31. The minimum absolute atomic E-state index is 0.176. The molecule has 0 radical (unpaired) electrons. The Bertz CT molecular complexity index is 417. The average Bonchev–Trinajstić information content (AvgIpc) is 2.56. The summed E-state index contributed by atoms with van der Waals surface area (Å²) < 4.78 is 0.871. The third-order valence-electron chi connectivity index (χ3n) is 2.81. The molecule has 1 aromatic rings. The average molecular weight is 300 g/mol. The van der Waals surface area contributed by atoms with Crippen LogP contribution in [0.3, 0.4) is 0 Å². The summed E-state index contributed by atoms with van der Waals surface area (Å²) in [5.74, 6) is 0. The molecular formula is C11H14BrN3O2. The summed E-state index contributed by atoms with van der Waals surface area (Å²) in [6.07, 6.45) is 1.00. The van der Waals surface area contributed by atoms with Crippen LogP contribution >= 0.6 is 15.9 Å². The molecule has 1 saturated heterocycles. The molecular weight excluding hydrogens is 286 g/mol. The maximum Gasteiger partial charge on any atom is 0.292 e. The quantitative estimate of drug-likeness (QED) is 0.671. The third kappa shape index (κ3) is 2.95. The van der Waals surface area contributed by atoms with Crippen LogP contribution in [0.5, 0.6) is 0 Å². The van der Waals surface area contributed by atoms with E-state index < -0.39 is 0 Å². The molecule has 1 aliphatic rings. The van der Waals surface area contributed by atoms with Crippen molar-refractivity contribution in [2.24, 2.45) is 0 Å². The van der Waals surface area contributed by atoms with Gasteiger partial charge in [-0.25, -0.2) is 0 Å². The first-order valence-corrected chi connectivity index (χ1v) is 6.37. The number of benzene rings is 1. The van der Waals surface area contributed by atoms with Gasteiger partial charge in [-0.2, -0.15) is 0 Å². The predicted molar refractivity (Wildman–Crippen MR) is 70.5 cm³/mol. The van der Waals surface area contributed by atoms with Gasteiger partial charge in [-0.05, 0) is 25.1 Å². The van der Waals surface area contributed by atoms with Gasteiger partial charge in [0.25, 0.3) is 5.69 Å². The molecule has 2 rings (SSSR count). The van der Waals surface area contributed by atoms with Gasteiger partial charge in [0.15, 0.2) is 0 Å². The van der Waals surface area contributed by atoms with Crippen LogP contribution in [0.25, 0.3) is 0 Å². The highest BCUT2D eigenvalue weighted by molar-refractivity contribution is 9.10. The molecule has 1 aliphatic heterocycles. The number of nitro benzene ring substituents is 1. The van der Waals surface area contributed by atoms with Gasteiger partial charge in [0.1, 0.15) is 5.69 Å². The second kappa shape index (κ2) is 5.46. The SMILES string of the molecule is O=[N+]([O-])c1ccc(Br)cc1N1CCCNCC1. The van der Waals surface area contributed by atoms with Gasteiger partial charge in [0, 0.05) is 30.2 Å². The number of anilines is 1. The van der Waals surface area contributed by atoms with E-state index in [-0.39, 0.29) is 10.6 Å². The summed E-state index contributed by atoms with van der Waals surface area (Å²) >= 11 is 3.37. The Morgan fingerprint density at radius 1 is 1.35 bits per heavy atom. The lowest BCUT2D eigenvalue weighted by Gasteiger charge is -2.22. The van der Waals surface area contributed by atoms with Crippen LogP contribution in [-0.4, -0.2) is 31.1 Å². The number of hydrogen-bond acceptors (Lipinski definition) is 4. The number of nitrogens with one attached hydrogen (secondary N) is 1. The van der Waals surface area contributed by atoms with Gasteiger partial charge in [-0.3, -0.25) is 10.1 Å². The molecule has 0 atom stereocenters. The molecule has 0 aliphatic carbocycles. The Balaban J connectivity index is 2.34. The van der Waals surface area contributed by atoms with Gasteiger partial charge in [0.05, 0.1) is 4.92 Å². The molecule has 6 heteroatoms. The normalized spacial score (nSPS) is 16.6. The fraction of sp³-hybridized carbons (Fsp3) is 0.455. The molecule has 0 unspecified atom stereocenters. The number of halogens is 1. The van der Waals surface area contributed by atoms with Gasteiger partial charge in [0.2, 0.25) is 0 Å². The molecule has 1 fully saturated rings. The molecule has 1 N–H and O–H groups in total. The van der Waals surface area contributed by atoms with E-state index in [0.717, 1.165) is 37.1 Å². The van der Waals surface area contributed by atoms with Gasteiger partial charge < -0.3 is 10.2 Å². The Labute approximate surface area is 108 Å². The van der Waals surface area contributed by atoms with Crippen LogP contribution in [-0.2, 0) is 0 Å². The van der Waals surface area contributed by atoms with Crippen LogP contribution in [0.4, 0.5) is 11.4 Å². The zero-order valence-corrected chi connectivity index (χ0v) is 10.9. The van der Waals surface area contributed by atoms with E-state index >= 15 is 0 Å². The van der Waals surface area contributed by atoms with Crippen LogP contribution in [0.2, 0.25) is 0 Å². The molecule has 1 aromatic carbocycles. The standard InChI is InChI=1S/C11H14BrN3O2/c12-9-2-3-10(15(16)17)11(8-9)14-6-1-4-13-5-7-14/h2-3,8,13H,1,4-7H2. The van der Waals surface area contributed by atoms with Crippen molar-refractivity contribution in [3.63, 3.8) is 0 Å². The number of nitrogens with zero attached hydrogens (tertiary/aromatic N) is 2. The van der Waals surface area contributed by atoms with E-state index in [1.165, 1.54) is 0 Å². The highest BCUT2D eigenvalue weighted by Crippen LogP contribution is 2.31. The van der Waals surface area contributed by atoms with Crippen molar-refractivity contribution >= 4 is 27.3 Å².